The summed E-state index contributed by atoms with van der Waals surface area (Å²) in [5.41, 5.74) is 0.650. The minimum Gasteiger partial charge on any atom is -0.360 e. The van der Waals surface area contributed by atoms with E-state index in [2.05, 4.69) is 19.9 Å². The summed E-state index contributed by atoms with van der Waals surface area (Å²) in [6.07, 6.45) is 2.75. The van der Waals surface area contributed by atoms with Crippen molar-refractivity contribution < 1.29 is 8.42 Å². The van der Waals surface area contributed by atoms with E-state index < -0.39 is 10.0 Å². The van der Waals surface area contributed by atoms with Crippen molar-refractivity contribution in [2.24, 2.45) is 7.05 Å². The normalized spacial score (nSPS) is 11.9. The topological polar surface area (TPSA) is 92.7 Å². The second-order valence-corrected chi connectivity index (χ2v) is 6.25. The van der Waals surface area contributed by atoms with Crippen LogP contribution in [-0.2, 0) is 17.1 Å². The zero-order chi connectivity index (χ0) is 14.3. The summed E-state index contributed by atoms with van der Waals surface area (Å²) in [6, 6.07) is 4.96. The lowest BCUT2D eigenvalue weighted by Gasteiger charge is -2.03. The van der Waals surface area contributed by atoms with Gasteiger partial charge in [0, 0.05) is 29.2 Å². The first-order valence-electron chi connectivity index (χ1n) is 5.61. The molecule has 0 fully saturated rings. The maximum atomic E-state index is 12.3. The number of anilines is 1. The fourth-order valence-electron chi connectivity index (χ4n) is 1.88. The molecule has 0 bridgehead atoms. The summed E-state index contributed by atoms with van der Waals surface area (Å²) in [6.45, 7) is 0. The standard InChI is InChI=1S/C11H10ClN5O2S/c1-17-14-6-11(15-17)16-20(18,19)10-5-13-9-4-7(12)2-3-8(9)10/h2-6,13H,1H3,(H,15,16). The van der Waals surface area contributed by atoms with Crippen LogP contribution in [0.2, 0.25) is 5.02 Å². The van der Waals surface area contributed by atoms with Crippen LogP contribution < -0.4 is 4.72 Å². The molecule has 9 heteroatoms. The van der Waals surface area contributed by atoms with E-state index in [1.54, 1.807) is 25.2 Å². The third-order valence-electron chi connectivity index (χ3n) is 2.73. The number of benzene rings is 1. The van der Waals surface area contributed by atoms with Crippen LogP contribution in [0, 0.1) is 0 Å². The van der Waals surface area contributed by atoms with E-state index in [0.717, 1.165) is 0 Å². The molecule has 0 unspecified atom stereocenters. The zero-order valence-electron chi connectivity index (χ0n) is 10.3. The summed E-state index contributed by atoms with van der Waals surface area (Å²) >= 11 is 5.87. The van der Waals surface area contributed by atoms with Crippen LogP contribution in [0.3, 0.4) is 0 Å². The number of hydrogen-bond donors (Lipinski definition) is 2. The Kier molecular flexibility index (Phi) is 2.91. The van der Waals surface area contributed by atoms with Crippen molar-refractivity contribution in [2.45, 2.75) is 4.90 Å². The van der Waals surface area contributed by atoms with Crippen LogP contribution in [0.5, 0.6) is 0 Å². The lowest BCUT2D eigenvalue weighted by atomic mass is 10.2. The van der Waals surface area contributed by atoms with Crippen molar-refractivity contribution in [3.05, 3.63) is 35.6 Å². The zero-order valence-corrected chi connectivity index (χ0v) is 11.9. The summed E-state index contributed by atoms with van der Waals surface area (Å²) in [4.78, 5) is 4.29. The van der Waals surface area contributed by atoms with Gasteiger partial charge in [-0.2, -0.15) is 9.90 Å². The van der Waals surface area contributed by atoms with E-state index in [9.17, 15) is 8.42 Å². The first kappa shape index (κ1) is 12.9. The van der Waals surface area contributed by atoms with E-state index in [0.29, 0.717) is 15.9 Å². The van der Waals surface area contributed by atoms with E-state index in [1.807, 2.05) is 0 Å². The number of aromatic amines is 1. The minimum absolute atomic E-state index is 0.134. The predicted octanol–water partition coefficient (Wildman–Crippen LogP) is 1.75. The van der Waals surface area contributed by atoms with Crippen LogP contribution in [0.4, 0.5) is 5.82 Å². The molecule has 2 N–H and O–H groups in total. The third kappa shape index (κ3) is 2.23. The van der Waals surface area contributed by atoms with Gasteiger partial charge in [0.1, 0.15) is 4.90 Å². The van der Waals surface area contributed by atoms with Crippen molar-refractivity contribution in [3.63, 3.8) is 0 Å². The van der Waals surface area contributed by atoms with Gasteiger partial charge < -0.3 is 4.98 Å². The summed E-state index contributed by atoms with van der Waals surface area (Å²) in [5, 5.41) is 8.79. The number of hydrogen-bond acceptors (Lipinski definition) is 4. The number of fused-ring (bicyclic) bond motifs is 1. The van der Waals surface area contributed by atoms with Gasteiger partial charge in [0.05, 0.1) is 6.20 Å². The molecule has 0 saturated carbocycles. The molecule has 0 aliphatic heterocycles. The van der Waals surface area contributed by atoms with Gasteiger partial charge in [0.2, 0.25) is 0 Å². The van der Waals surface area contributed by atoms with Crippen molar-refractivity contribution in [1.29, 1.82) is 0 Å². The molecule has 0 saturated heterocycles. The van der Waals surface area contributed by atoms with E-state index in [-0.39, 0.29) is 10.7 Å². The Labute approximate surface area is 119 Å². The Bertz CT molecular complexity index is 883. The molecule has 0 radical (unpaired) electrons. The number of halogens is 1. The Morgan fingerprint density at radius 1 is 1.40 bits per heavy atom. The Balaban J connectivity index is 2.05. The van der Waals surface area contributed by atoms with Gasteiger partial charge in [0.25, 0.3) is 10.0 Å². The highest BCUT2D eigenvalue weighted by atomic mass is 35.5. The molecule has 7 nitrogen and oxygen atoms in total. The number of nitrogens with one attached hydrogen (secondary N) is 2. The van der Waals surface area contributed by atoms with Gasteiger partial charge in [-0.25, -0.2) is 8.42 Å². The smallest absolute Gasteiger partial charge is 0.265 e. The quantitative estimate of drug-likeness (QED) is 0.770. The second-order valence-electron chi connectivity index (χ2n) is 4.17. The molecule has 2 heterocycles. The van der Waals surface area contributed by atoms with E-state index in [4.69, 9.17) is 11.6 Å². The molecule has 2 aromatic heterocycles. The van der Waals surface area contributed by atoms with Gasteiger partial charge in [-0.3, -0.25) is 4.72 Å². The molecular weight excluding hydrogens is 302 g/mol. The fourth-order valence-corrected chi connectivity index (χ4v) is 3.21. The van der Waals surface area contributed by atoms with Crippen LogP contribution in [0.15, 0.2) is 35.5 Å². The molecule has 0 aliphatic carbocycles. The Morgan fingerprint density at radius 3 is 2.90 bits per heavy atom. The lowest BCUT2D eigenvalue weighted by molar-refractivity contribution is 0.601. The van der Waals surface area contributed by atoms with Gasteiger partial charge in [0.15, 0.2) is 5.82 Å². The van der Waals surface area contributed by atoms with Crippen LogP contribution >= 0.6 is 11.6 Å². The fraction of sp³-hybridized carbons (Fsp3) is 0.0909. The maximum absolute atomic E-state index is 12.3. The lowest BCUT2D eigenvalue weighted by Crippen LogP contribution is -2.13. The molecule has 0 amide bonds. The van der Waals surface area contributed by atoms with Crippen LogP contribution in [0.25, 0.3) is 10.9 Å². The number of nitrogens with zero attached hydrogens (tertiary/aromatic N) is 3. The highest BCUT2D eigenvalue weighted by Crippen LogP contribution is 2.26. The van der Waals surface area contributed by atoms with Gasteiger partial charge in [-0.05, 0) is 18.2 Å². The SMILES string of the molecule is Cn1ncc(NS(=O)(=O)c2c[nH]c3cc(Cl)ccc23)n1. The molecule has 3 rings (SSSR count). The van der Waals surface area contributed by atoms with Crippen molar-refractivity contribution in [3.8, 4) is 0 Å². The third-order valence-corrected chi connectivity index (χ3v) is 4.36. The average Bonchev–Trinajstić information content (AvgIpc) is 2.94. The first-order valence-corrected chi connectivity index (χ1v) is 7.47. The van der Waals surface area contributed by atoms with Gasteiger partial charge in [-0.1, -0.05) is 11.6 Å². The largest absolute Gasteiger partial charge is 0.360 e. The van der Waals surface area contributed by atoms with Gasteiger partial charge in [-0.15, -0.1) is 5.10 Å². The first-order chi connectivity index (χ1) is 9.45. The van der Waals surface area contributed by atoms with E-state index >= 15 is 0 Å². The Morgan fingerprint density at radius 2 is 2.20 bits per heavy atom. The van der Waals surface area contributed by atoms with Crippen molar-refractivity contribution in [2.75, 3.05) is 4.72 Å². The molecule has 3 aromatic rings. The molecule has 20 heavy (non-hydrogen) atoms. The predicted molar refractivity (Wildman–Crippen MR) is 75.1 cm³/mol. The monoisotopic (exact) mass is 311 g/mol. The highest BCUT2D eigenvalue weighted by Gasteiger charge is 2.20. The highest BCUT2D eigenvalue weighted by molar-refractivity contribution is 7.93. The minimum atomic E-state index is -3.74. The molecule has 0 atom stereocenters. The van der Waals surface area contributed by atoms with Crippen molar-refractivity contribution in [1.82, 2.24) is 20.0 Å². The number of aromatic nitrogens is 4. The molecule has 0 spiro atoms. The number of aryl methyl sites for hydroxylation is 1. The maximum Gasteiger partial charge on any atom is 0.265 e. The molecule has 1 aromatic carbocycles. The average molecular weight is 312 g/mol. The van der Waals surface area contributed by atoms with Crippen LogP contribution in [0.1, 0.15) is 0 Å². The molecule has 0 aliphatic rings. The summed E-state index contributed by atoms with van der Waals surface area (Å²) < 4.78 is 27.0. The molecular formula is C11H10ClN5O2S. The molecule has 104 valence electrons. The van der Waals surface area contributed by atoms with Crippen molar-refractivity contribution >= 4 is 38.3 Å². The summed E-state index contributed by atoms with van der Waals surface area (Å²) in [7, 11) is -2.13. The Hall–Kier alpha value is -2.06. The van der Waals surface area contributed by atoms with E-state index in [1.165, 1.54) is 17.2 Å². The number of rotatable bonds is 3. The summed E-state index contributed by atoms with van der Waals surface area (Å²) in [5.74, 6) is 0.163. The van der Waals surface area contributed by atoms with Gasteiger partial charge >= 0.3 is 0 Å². The number of H-pyrrole nitrogens is 1. The number of sulfonamides is 1. The van der Waals surface area contributed by atoms with Crippen LogP contribution in [-0.4, -0.2) is 28.4 Å². The second kappa shape index (κ2) is 4.50.